The zero-order chi connectivity index (χ0) is 19.6. The summed E-state index contributed by atoms with van der Waals surface area (Å²) in [6.07, 6.45) is -0.775. The number of carboxylic acid groups (broad SMARTS) is 1. The van der Waals surface area contributed by atoms with E-state index < -0.39 is 36.8 Å². The number of urea groups is 1. The van der Waals surface area contributed by atoms with Crippen LogP contribution in [0.15, 0.2) is 0 Å². The Labute approximate surface area is 147 Å². The van der Waals surface area contributed by atoms with Gasteiger partial charge < -0.3 is 37.4 Å². The average Bonchev–Trinajstić information content (AvgIpc) is 2.97. The minimum Gasteiger partial charge on any atom is -0.480 e. The quantitative estimate of drug-likeness (QED) is 0.270. The van der Waals surface area contributed by atoms with Crippen molar-refractivity contribution in [3.63, 3.8) is 0 Å². The highest BCUT2D eigenvalue weighted by molar-refractivity contribution is 7.11. The van der Waals surface area contributed by atoms with Crippen LogP contribution in [0.4, 0.5) is 4.79 Å². The molecule has 0 spiro atoms. The molecule has 0 aliphatic rings. The molecule has 3 atom stereocenters. The molecule has 9 N–H and O–H groups in total. The van der Waals surface area contributed by atoms with Crippen molar-refractivity contribution >= 4 is 29.2 Å². The zero-order valence-corrected chi connectivity index (χ0v) is 14.5. The Morgan fingerprint density at radius 3 is 2.32 bits per heavy atom. The highest BCUT2D eigenvalue weighted by Crippen LogP contribution is 2.18. The molecular formula is C12H22N6O6S. The topological polar surface area (TPSA) is 214 Å². The number of carbonyl (C=O) groups is 3. The van der Waals surface area contributed by atoms with Crippen LogP contribution in [-0.2, 0) is 16.1 Å². The summed E-state index contributed by atoms with van der Waals surface area (Å²) >= 11 is 1.13. The second-order valence-corrected chi connectivity index (χ2v) is 5.91. The molecule has 1 aromatic heterocycles. The fourth-order valence-corrected chi connectivity index (χ4v) is 2.11. The van der Waals surface area contributed by atoms with Crippen LogP contribution in [0.1, 0.15) is 29.9 Å². The maximum absolute atomic E-state index is 11.4. The SMILES string of the molecule is CC(N)=O.CC(O)C(N)c1nnc(CNC(=O)NC(CO)C(=O)O)s1. The Kier molecular flexibility index (Phi) is 10.2. The first kappa shape index (κ1) is 22.6. The van der Waals surface area contributed by atoms with Crippen LogP contribution in [0.25, 0.3) is 0 Å². The number of rotatable bonds is 7. The number of aliphatic hydroxyl groups excluding tert-OH is 2. The number of primary amides is 1. The summed E-state index contributed by atoms with van der Waals surface area (Å²) < 4.78 is 0. The molecule has 0 saturated heterocycles. The van der Waals surface area contributed by atoms with Gasteiger partial charge in [-0.05, 0) is 6.92 Å². The number of carboxylic acids is 1. The number of nitrogens with two attached hydrogens (primary N) is 2. The fourth-order valence-electron chi connectivity index (χ4n) is 1.23. The lowest BCUT2D eigenvalue weighted by molar-refractivity contribution is -0.140. The summed E-state index contributed by atoms with van der Waals surface area (Å²) in [5.41, 5.74) is 10.2. The molecule has 0 fully saturated rings. The lowest BCUT2D eigenvalue weighted by Gasteiger charge is -2.11. The fraction of sp³-hybridized carbons (Fsp3) is 0.583. The molecule has 3 unspecified atom stereocenters. The van der Waals surface area contributed by atoms with Gasteiger partial charge in [-0.15, -0.1) is 10.2 Å². The molecule has 1 heterocycles. The largest absolute Gasteiger partial charge is 0.480 e. The molecule has 3 amide bonds. The Morgan fingerprint density at radius 2 is 1.88 bits per heavy atom. The van der Waals surface area contributed by atoms with E-state index in [1.807, 2.05) is 0 Å². The predicted octanol–water partition coefficient (Wildman–Crippen LogP) is -2.34. The molecule has 0 radical (unpaired) electrons. The van der Waals surface area contributed by atoms with E-state index in [0.29, 0.717) is 10.0 Å². The van der Waals surface area contributed by atoms with E-state index >= 15 is 0 Å². The highest BCUT2D eigenvalue weighted by Gasteiger charge is 2.20. The van der Waals surface area contributed by atoms with Crippen molar-refractivity contribution in [2.45, 2.75) is 38.6 Å². The Balaban J connectivity index is 0.00000129. The van der Waals surface area contributed by atoms with Gasteiger partial charge in [0.05, 0.1) is 25.3 Å². The van der Waals surface area contributed by atoms with Gasteiger partial charge in [0.25, 0.3) is 0 Å². The number of aliphatic carboxylic acids is 1. The van der Waals surface area contributed by atoms with Gasteiger partial charge in [0, 0.05) is 6.92 Å². The minimum atomic E-state index is -1.38. The molecular weight excluding hydrogens is 356 g/mol. The maximum atomic E-state index is 11.4. The van der Waals surface area contributed by atoms with E-state index in [9.17, 15) is 19.5 Å². The summed E-state index contributed by atoms with van der Waals surface area (Å²) in [6.45, 7) is 2.14. The zero-order valence-electron chi connectivity index (χ0n) is 13.7. The van der Waals surface area contributed by atoms with Crippen LogP contribution in [0, 0.1) is 0 Å². The van der Waals surface area contributed by atoms with Crippen LogP contribution in [0.3, 0.4) is 0 Å². The Morgan fingerprint density at radius 1 is 1.32 bits per heavy atom. The number of hydrogen-bond acceptors (Lipinski definition) is 9. The number of aromatic nitrogens is 2. The molecule has 0 saturated carbocycles. The summed E-state index contributed by atoms with van der Waals surface area (Å²) in [5.74, 6) is -1.67. The molecule has 1 aromatic rings. The molecule has 0 bridgehead atoms. The molecule has 25 heavy (non-hydrogen) atoms. The normalized spacial score (nSPS) is 13.6. The summed E-state index contributed by atoms with van der Waals surface area (Å²) in [6, 6.07) is -2.79. The van der Waals surface area contributed by atoms with E-state index in [2.05, 4.69) is 26.6 Å². The second kappa shape index (κ2) is 11.2. The van der Waals surface area contributed by atoms with Crippen LogP contribution in [-0.4, -0.2) is 62.2 Å². The Hall–Kier alpha value is -2.35. The predicted molar refractivity (Wildman–Crippen MR) is 87.3 cm³/mol. The number of carbonyl (C=O) groups excluding carboxylic acids is 2. The summed E-state index contributed by atoms with van der Waals surface area (Å²) in [7, 11) is 0. The van der Waals surface area contributed by atoms with Gasteiger partial charge in [-0.1, -0.05) is 11.3 Å². The molecule has 1 rings (SSSR count). The van der Waals surface area contributed by atoms with E-state index in [-0.39, 0.29) is 12.5 Å². The molecule has 0 aliphatic carbocycles. The molecule has 0 aliphatic heterocycles. The Bertz CT molecular complexity index is 576. The van der Waals surface area contributed by atoms with Gasteiger partial charge in [-0.25, -0.2) is 9.59 Å². The monoisotopic (exact) mass is 378 g/mol. The molecule has 142 valence electrons. The highest BCUT2D eigenvalue weighted by atomic mass is 32.1. The average molecular weight is 378 g/mol. The van der Waals surface area contributed by atoms with Crippen LogP contribution in [0.5, 0.6) is 0 Å². The maximum Gasteiger partial charge on any atom is 0.328 e. The van der Waals surface area contributed by atoms with Crippen molar-refractivity contribution in [2.75, 3.05) is 6.61 Å². The first-order valence-corrected chi connectivity index (χ1v) is 7.80. The van der Waals surface area contributed by atoms with E-state index in [4.69, 9.17) is 15.9 Å². The van der Waals surface area contributed by atoms with Crippen molar-refractivity contribution in [3.8, 4) is 0 Å². The van der Waals surface area contributed by atoms with Crippen LogP contribution < -0.4 is 22.1 Å². The van der Waals surface area contributed by atoms with Gasteiger partial charge in [0.2, 0.25) is 5.91 Å². The molecule has 0 aromatic carbocycles. The van der Waals surface area contributed by atoms with Gasteiger partial charge >= 0.3 is 12.0 Å². The minimum absolute atomic E-state index is 0.0216. The van der Waals surface area contributed by atoms with Crippen molar-refractivity contribution in [3.05, 3.63) is 10.0 Å². The number of aliphatic hydroxyl groups is 2. The van der Waals surface area contributed by atoms with E-state index in [1.54, 1.807) is 0 Å². The lowest BCUT2D eigenvalue weighted by Crippen LogP contribution is -2.47. The first-order valence-electron chi connectivity index (χ1n) is 6.98. The smallest absolute Gasteiger partial charge is 0.328 e. The van der Waals surface area contributed by atoms with Crippen LogP contribution in [0.2, 0.25) is 0 Å². The number of nitrogens with zero attached hydrogens (tertiary/aromatic N) is 2. The third-order valence-corrected chi connectivity index (χ3v) is 3.50. The number of nitrogens with one attached hydrogen (secondary N) is 2. The van der Waals surface area contributed by atoms with Gasteiger partial charge in [-0.3, -0.25) is 4.79 Å². The van der Waals surface area contributed by atoms with Crippen molar-refractivity contribution in [2.24, 2.45) is 11.5 Å². The molecule has 13 heteroatoms. The summed E-state index contributed by atoms with van der Waals surface area (Å²) in [4.78, 5) is 31.3. The molecule has 12 nitrogen and oxygen atoms in total. The number of amides is 3. The van der Waals surface area contributed by atoms with Crippen molar-refractivity contribution in [1.29, 1.82) is 0 Å². The van der Waals surface area contributed by atoms with Gasteiger partial charge in [0.1, 0.15) is 10.0 Å². The first-order chi connectivity index (χ1) is 11.6. The van der Waals surface area contributed by atoms with Crippen molar-refractivity contribution in [1.82, 2.24) is 20.8 Å². The number of hydrogen-bond donors (Lipinski definition) is 7. The van der Waals surface area contributed by atoms with Gasteiger partial charge in [-0.2, -0.15) is 0 Å². The lowest BCUT2D eigenvalue weighted by atomic mass is 10.2. The second-order valence-electron chi connectivity index (χ2n) is 4.81. The van der Waals surface area contributed by atoms with Crippen molar-refractivity contribution < 1.29 is 29.7 Å². The standard InChI is InChI=1S/C10H17N5O5S.C2H5NO/c1-4(17)7(11)8-15-14-6(21-8)2-12-10(20)13-5(3-16)9(18)19;1-2(3)4/h4-5,7,16-17H,2-3,11H2,1H3,(H,18,19)(H2,12,13,20);1H3,(H2,3,4). The van der Waals surface area contributed by atoms with Gasteiger partial charge in [0.15, 0.2) is 6.04 Å². The third-order valence-electron chi connectivity index (χ3n) is 2.47. The van der Waals surface area contributed by atoms with Crippen LogP contribution >= 0.6 is 11.3 Å². The van der Waals surface area contributed by atoms with E-state index in [0.717, 1.165) is 11.3 Å². The van der Waals surface area contributed by atoms with E-state index in [1.165, 1.54) is 13.8 Å². The summed E-state index contributed by atoms with van der Waals surface area (Å²) in [5, 5.41) is 39.7. The third kappa shape index (κ3) is 9.51.